The van der Waals surface area contributed by atoms with E-state index in [1.54, 1.807) is 19.0 Å². The second kappa shape index (κ2) is 7.97. The van der Waals surface area contributed by atoms with Gasteiger partial charge in [0, 0.05) is 44.2 Å². The van der Waals surface area contributed by atoms with Gasteiger partial charge in [-0.15, -0.1) is 11.3 Å². The predicted molar refractivity (Wildman–Crippen MR) is 108 cm³/mol. The van der Waals surface area contributed by atoms with Crippen molar-refractivity contribution in [1.82, 2.24) is 9.88 Å². The molecule has 1 atom stereocenters. The number of thiazole rings is 1. The first-order valence-corrected chi connectivity index (χ1v) is 9.75. The van der Waals surface area contributed by atoms with Crippen LogP contribution in [0, 0.1) is 0 Å². The summed E-state index contributed by atoms with van der Waals surface area (Å²) >= 11 is 1.32. The highest BCUT2D eigenvalue weighted by Crippen LogP contribution is 2.30. The minimum Gasteiger partial charge on any atom is -0.465 e. The van der Waals surface area contributed by atoms with Gasteiger partial charge >= 0.3 is 6.09 Å². The van der Waals surface area contributed by atoms with Gasteiger partial charge < -0.3 is 10.0 Å². The average Bonchev–Trinajstić information content (AvgIpc) is 3.35. The standard InChI is InChI=1S/C19H22N4O4S/c1-12(24)21(2)14-7-4-6-13(10-14)15-11-28-18(20-15)22(3)17(25)16-8-5-9-23(16)19(26)27/h4,6-7,10-11,16H,5,8-9H2,1-3H3,(H,26,27)/t16-/m0/s1. The van der Waals surface area contributed by atoms with Crippen molar-refractivity contribution in [2.24, 2.45) is 0 Å². The summed E-state index contributed by atoms with van der Waals surface area (Å²) in [5.41, 5.74) is 2.29. The molecule has 0 spiro atoms. The van der Waals surface area contributed by atoms with Crippen LogP contribution in [0.15, 0.2) is 29.6 Å². The summed E-state index contributed by atoms with van der Waals surface area (Å²) in [5, 5.41) is 11.6. The highest BCUT2D eigenvalue weighted by molar-refractivity contribution is 7.14. The van der Waals surface area contributed by atoms with Crippen molar-refractivity contribution < 1.29 is 19.5 Å². The second-order valence-corrected chi connectivity index (χ2v) is 7.51. The highest BCUT2D eigenvalue weighted by Gasteiger charge is 2.36. The van der Waals surface area contributed by atoms with Crippen LogP contribution in [-0.2, 0) is 9.59 Å². The van der Waals surface area contributed by atoms with Crippen LogP contribution in [0.1, 0.15) is 19.8 Å². The molecule has 3 amide bonds. The number of carbonyl (C=O) groups is 3. The number of hydrogen-bond acceptors (Lipinski definition) is 5. The van der Waals surface area contributed by atoms with Crippen molar-refractivity contribution in [3.05, 3.63) is 29.6 Å². The molecular formula is C19H22N4O4S. The molecule has 2 aromatic rings. The van der Waals surface area contributed by atoms with Gasteiger partial charge in [-0.3, -0.25) is 19.4 Å². The van der Waals surface area contributed by atoms with Gasteiger partial charge in [-0.1, -0.05) is 12.1 Å². The Labute approximate surface area is 167 Å². The lowest BCUT2D eigenvalue weighted by Crippen LogP contribution is -2.46. The number of likely N-dealkylation sites (tertiary alicyclic amines) is 1. The van der Waals surface area contributed by atoms with E-state index in [-0.39, 0.29) is 11.8 Å². The third-order valence-electron chi connectivity index (χ3n) is 4.89. The summed E-state index contributed by atoms with van der Waals surface area (Å²) in [5.74, 6) is -0.341. The Bertz CT molecular complexity index is 913. The Morgan fingerprint density at radius 3 is 2.68 bits per heavy atom. The first-order valence-electron chi connectivity index (χ1n) is 8.87. The van der Waals surface area contributed by atoms with E-state index >= 15 is 0 Å². The molecule has 1 N–H and O–H groups in total. The molecule has 0 saturated carbocycles. The minimum absolute atomic E-state index is 0.0685. The van der Waals surface area contributed by atoms with E-state index in [1.165, 1.54) is 28.1 Å². The first-order chi connectivity index (χ1) is 13.3. The van der Waals surface area contributed by atoms with Crippen molar-refractivity contribution in [1.29, 1.82) is 0 Å². The Hall–Kier alpha value is -2.94. The van der Waals surface area contributed by atoms with Gasteiger partial charge in [-0.25, -0.2) is 9.78 Å². The van der Waals surface area contributed by atoms with E-state index in [4.69, 9.17) is 0 Å². The topological polar surface area (TPSA) is 94.1 Å². The molecule has 1 aromatic carbocycles. The molecule has 1 aromatic heterocycles. The molecule has 0 aliphatic carbocycles. The monoisotopic (exact) mass is 402 g/mol. The summed E-state index contributed by atoms with van der Waals surface area (Å²) < 4.78 is 0. The molecular weight excluding hydrogens is 380 g/mol. The number of rotatable bonds is 4. The molecule has 2 heterocycles. The van der Waals surface area contributed by atoms with Gasteiger partial charge in [-0.2, -0.15) is 0 Å². The lowest BCUT2D eigenvalue weighted by Gasteiger charge is -2.24. The van der Waals surface area contributed by atoms with E-state index < -0.39 is 12.1 Å². The molecule has 0 unspecified atom stereocenters. The van der Waals surface area contributed by atoms with Crippen LogP contribution in [0.2, 0.25) is 0 Å². The van der Waals surface area contributed by atoms with E-state index in [0.29, 0.717) is 30.2 Å². The quantitative estimate of drug-likeness (QED) is 0.849. The first kappa shape index (κ1) is 19.8. The van der Waals surface area contributed by atoms with Crippen LogP contribution in [0.4, 0.5) is 15.6 Å². The number of benzene rings is 1. The highest BCUT2D eigenvalue weighted by atomic mass is 32.1. The van der Waals surface area contributed by atoms with Gasteiger partial charge in [0.2, 0.25) is 5.91 Å². The summed E-state index contributed by atoms with van der Waals surface area (Å²) in [4.78, 5) is 44.4. The molecule has 3 rings (SSSR count). The molecule has 1 aliphatic rings. The third kappa shape index (κ3) is 3.84. The van der Waals surface area contributed by atoms with Crippen LogP contribution < -0.4 is 9.80 Å². The van der Waals surface area contributed by atoms with Gasteiger partial charge in [0.1, 0.15) is 6.04 Å². The third-order valence-corrected chi connectivity index (χ3v) is 5.81. The van der Waals surface area contributed by atoms with Crippen LogP contribution in [-0.4, -0.2) is 59.6 Å². The number of aromatic nitrogens is 1. The Morgan fingerprint density at radius 2 is 2.00 bits per heavy atom. The van der Waals surface area contributed by atoms with Crippen molar-refractivity contribution in [2.75, 3.05) is 30.4 Å². The van der Waals surface area contributed by atoms with Gasteiger partial charge in [-0.05, 0) is 25.0 Å². The Morgan fingerprint density at radius 1 is 1.25 bits per heavy atom. The summed E-state index contributed by atoms with van der Waals surface area (Å²) in [6.07, 6.45) is 0.124. The summed E-state index contributed by atoms with van der Waals surface area (Å²) in [6.45, 7) is 1.87. The molecule has 1 fully saturated rings. The Balaban J connectivity index is 1.80. The normalized spacial score (nSPS) is 16.1. The van der Waals surface area contributed by atoms with Gasteiger partial charge in [0.25, 0.3) is 5.91 Å². The van der Waals surface area contributed by atoms with E-state index in [1.807, 2.05) is 29.6 Å². The van der Waals surface area contributed by atoms with Crippen LogP contribution >= 0.6 is 11.3 Å². The number of carboxylic acid groups (broad SMARTS) is 1. The predicted octanol–water partition coefficient (Wildman–Crippen LogP) is 2.90. The van der Waals surface area contributed by atoms with E-state index in [2.05, 4.69) is 4.98 Å². The maximum atomic E-state index is 12.8. The van der Waals surface area contributed by atoms with E-state index in [9.17, 15) is 19.5 Å². The fraction of sp³-hybridized carbons (Fsp3) is 0.368. The fourth-order valence-electron chi connectivity index (χ4n) is 3.18. The maximum Gasteiger partial charge on any atom is 0.407 e. The molecule has 8 nitrogen and oxygen atoms in total. The molecule has 0 bridgehead atoms. The number of carbonyl (C=O) groups excluding carboxylic acids is 2. The SMILES string of the molecule is CC(=O)N(C)c1cccc(-c2csc(N(C)C(=O)[C@@H]3CCCN3C(=O)O)n2)c1. The molecule has 28 heavy (non-hydrogen) atoms. The zero-order valence-corrected chi connectivity index (χ0v) is 16.8. The van der Waals surface area contributed by atoms with Crippen molar-refractivity contribution in [2.45, 2.75) is 25.8 Å². The lowest BCUT2D eigenvalue weighted by molar-refractivity contribution is -0.122. The number of anilines is 2. The molecule has 0 radical (unpaired) electrons. The Kier molecular flexibility index (Phi) is 5.64. The maximum absolute atomic E-state index is 12.8. The van der Waals surface area contributed by atoms with Gasteiger partial charge in [0.15, 0.2) is 5.13 Å². The van der Waals surface area contributed by atoms with Crippen molar-refractivity contribution in [3.63, 3.8) is 0 Å². The largest absolute Gasteiger partial charge is 0.465 e. The zero-order chi connectivity index (χ0) is 20.4. The number of hydrogen-bond donors (Lipinski definition) is 1. The van der Waals surface area contributed by atoms with E-state index in [0.717, 1.165) is 11.3 Å². The van der Waals surface area contributed by atoms with Crippen LogP contribution in [0.25, 0.3) is 11.3 Å². The van der Waals surface area contributed by atoms with Gasteiger partial charge in [0.05, 0.1) is 5.69 Å². The summed E-state index contributed by atoms with van der Waals surface area (Å²) in [7, 11) is 3.32. The average molecular weight is 402 g/mol. The smallest absolute Gasteiger partial charge is 0.407 e. The van der Waals surface area contributed by atoms with Crippen LogP contribution in [0.5, 0.6) is 0 Å². The number of nitrogens with zero attached hydrogens (tertiary/aromatic N) is 4. The fourth-order valence-corrected chi connectivity index (χ4v) is 3.98. The van der Waals surface area contributed by atoms with Crippen molar-refractivity contribution in [3.8, 4) is 11.3 Å². The number of likely N-dealkylation sites (N-methyl/N-ethyl adjacent to an activating group) is 1. The number of amides is 3. The zero-order valence-electron chi connectivity index (χ0n) is 16.0. The van der Waals surface area contributed by atoms with Crippen LogP contribution in [0.3, 0.4) is 0 Å². The van der Waals surface area contributed by atoms with Crippen molar-refractivity contribution >= 4 is 40.1 Å². The molecule has 9 heteroatoms. The molecule has 1 aliphatic heterocycles. The second-order valence-electron chi connectivity index (χ2n) is 6.67. The molecule has 148 valence electrons. The lowest BCUT2D eigenvalue weighted by atomic mass is 10.1. The molecule has 1 saturated heterocycles. The minimum atomic E-state index is -1.07. The summed E-state index contributed by atoms with van der Waals surface area (Å²) in [6, 6.07) is 6.78.